The maximum atomic E-state index is 11.3. The predicted molar refractivity (Wildman–Crippen MR) is 56.4 cm³/mol. The Balaban J connectivity index is 2.62. The number of nitrogens with zero attached hydrogens (tertiary/aromatic N) is 1. The molecule has 0 amide bonds. The SMILES string of the molecule is CCCCN(C)C1(C(=O)O)CCCC1. The normalized spacial score (nSPS) is 20.2. The third kappa shape index (κ3) is 2.08. The Hall–Kier alpha value is -0.570. The molecular weight excluding hydrogens is 178 g/mol. The van der Waals surface area contributed by atoms with Gasteiger partial charge < -0.3 is 5.11 Å². The zero-order valence-corrected chi connectivity index (χ0v) is 9.25. The van der Waals surface area contributed by atoms with E-state index in [9.17, 15) is 9.90 Å². The van der Waals surface area contributed by atoms with Crippen LogP contribution in [-0.2, 0) is 4.79 Å². The van der Waals surface area contributed by atoms with Crippen molar-refractivity contribution < 1.29 is 9.90 Å². The van der Waals surface area contributed by atoms with E-state index in [0.29, 0.717) is 0 Å². The molecule has 0 aromatic heterocycles. The average molecular weight is 199 g/mol. The van der Waals surface area contributed by atoms with Crippen LogP contribution in [0.2, 0.25) is 0 Å². The van der Waals surface area contributed by atoms with Crippen LogP contribution in [0.1, 0.15) is 45.4 Å². The number of rotatable bonds is 5. The molecule has 14 heavy (non-hydrogen) atoms. The van der Waals surface area contributed by atoms with Crippen molar-refractivity contribution in [3.05, 3.63) is 0 Å². The van der Waals surface area contributed by atoms with E-state index in [0.717, 1.165) is 45.1 Å². The molecule has 82 valence electrons. The third-order valence-electron chi connectivity index (χ3n) is 3.41. The summed E-state index contributed by atoms with van der Waals surface area (Å²) in [5, 5.41) is 9.29. The Labute approximate surface area is 86.1 Å². The van der Waals surface area contributed by atoms with E-state index in [4.69, 9.17) is 0 Å². The molecule has 1 rings (SSSR count). The van der Waals surface area contributed by atoms with Crippen LogP contribution in [0.3, 0.4) is 0 Å². The van der Waals surface area contributed by atoms with Crippen LogP contribution in [0, 0.1) is 0 Å². The van der Waals surface area contributed by atoms with Crippen LogP contribution < -0.4 is 0 Å². The Morgan fingerprint density at radius 2 is 2.00 bits per heavy atom. The summed E-state index contributed by atoms with van der Waals surface area (Å²) in [5.41, 5.74) is -0.546. The van der Waals surface area contributed by atoms with Crippen LogP contribution >= 0.6 is 0 Å². The molecular formula is C11H21NO2. The van der Waals surface area contributed by atoms with Crippen LogP contribution in [0.4, 0.5) is 0 Å². The number of carboxylic acid groups (broad SMARTS) is 1. The molecule has 1 N–H and O–H groups in total. The molecule has 0 heterocycles. The van der Waals surface area contributed by atoms with Crippen molar-refractivity contribution in [2.45, 2.75) is 51.0 Å². The van der Waals surface area contributed by atoms with Crippen LogP contribution in [-0.4, -0.2) is 35.1 Å². The van der Waals surface area contributed by atoms with Crippen molar-refractivity contribution in [2.75, 3.05) is 13.6 Å². The van der Waals surface area contributed by atoms with Crippen molar-refractivity contribution >= 4 is 5.97 Å². The number of carbonyl (C=O) groups is 1. The third-order valence-corrected chi connectivity index (χ3v) is 3.41. The van der Waals surface area contributed by atoms with Gasteiger partial charge in [-0.3, -0.25) is 9.69 Å². The molecule has 0 aliphatic heterocycles. The summed E-state index contributed by atoms with van der Waals surface area (Å²) >= 11 is 0. The molecule has 1 aliphatic carbocycles. The standard InChI is InChI=1S/C11H21NO2/c1-3-4-9-12(2)11(10(13)14)7-5-6-8-11/h3-9H2,1-2H3,(H,13,14). The highest BCUT2D eigenvalue weighted by molar-refractivity contribution is 5.79. The van der Waals surface area contributed by atoms with Crippen LogP contribution in [0.15, 0.2) is 0 Å². The van der Waals surface area contributed by atoms with Crippen molar-refractivity contribution in [1.82, 2.24) is 4.90 Å². The summed E-state index contributed by atoms with van der Waals surface area (Å²) in [7, 11) is 1.95. The Bertz CT molecular complexity index is 197. The lowest BCUT2D eigenvalue weighted by Gasteiger charge is -2.34. The second-order valence-corrected chi connectivity index (χ2v) is 4.32. The van der Waals surface area contributed by atoms with Gasteiger partial charge in [0.2, 0.25) is 0 Å². The van der Waals surface area contributed by atoms with Gasteiger partial charge in [-0.1, -0.05) is 26.2 Å². The molecule has 1 aliphatic rings. The van der Waals surface area contributed by atoms with Gasteiger partial charge in [0, 0.05) is 0 Å². The first-order valence-corrected chi connectivity index (χ1v) is 5.58. The molecule has 0 saturated heterocycles. The largest absolute Gasteiger partial charge is 0.480 e. The number of aliphatic carboxylic acids is 1. The van der Waals surface area contributed by atoms with Gasteiger partial charge in [-0.05, 0) is 32.9 Å². The molecule has 3 nitrogen and oxygen atoms in total. The highest BCUT2D eigenvalue weighted by Crippen LogP contribution is 2.34. The minimum atomic E-state index is -0.631. The molecule has 0 unspecified atom stereocenters. The van der Waals surface area contributed by atoms with Crippen LogP contribution in [0.25, 0.3) is 0 Å². The van der Waals surface area contributed by atoms with Gasteiger partial charge in [-0.15, -0.1) is 0 Å². The molecule has 1 fully saturated rings. The second kappa shape index (κ2) is 4.78. The van der Waals surface area contributed by atoms with Gasteiger partial charge in [0.05, 0.1) is 0 Å². The first-order valence-electron chi connectivity index (χ1n) is 5.58. The number of unbranched alkanes of at least 4 members (excludes halogenated alkanes) is 1. The highest BCUT2D eigenvalue weighted by atomic mass is 16.4. The number of hydrogen-bond donors (Lipinski definition) is 1. The van der Waals surface area contributed by atoms with Gasteiger partial charge in [-0.25, -0.2) is 0 Å². The van der Waals surface area contributed by atoms with Crippen molar-refractivity contribution in [2.24, 2.45) is 0 Å². The van der Waals surface area contributed by atoms with Gasteiger partial charge in [0.15, 0.2) is 0 Å². The van der Waals surface area contributed by atoms with Gasteiger partial charge in [0.1, 0.15) is 5.54 Å². The van der Waals surface area contributed by atoms with Crippen LogP contribution in [0.5, 0.6) is 0 Å². The molecule has 3 heteroatoms. The number of carboxylic acids is 1. The van der Waals surface area contributed by atoms with E-state index in [2.05, 4.69) is 6.92 Å². The predicted octanol–water partition coefficient (Wildman–Crippen LogP) is 2.12. The van der Waals surface area contributed by atoms with Gasteiger partial charge >= 0.3 is 5.97 Å². The van der Waals surface area contributed by atoms with Crippen molar-refractivity contribution in [3.63, 3.8) is 0 Å². The Morgan fingerprint density at radius 3 is 2.43 bits per heavy atom. The lowest BCUT2D eigenvalue weighted by atomic mass is 9.95. The average Bonchev–Trinajstić information content (AvgIpc) is 2.63. The highest BCUT2D eigenvalue weighted by Gasteiger charge is 2.44. The first-order chi connectivity index (χ1) is 6.63. The molecule has 0 aromatic carbocycles. The molecule has 0 spiro atoms. The summed E-state index contributed by atoms with van der Waals surface area (Å²) in [6.07, 6.45) is 5.97. The number of hydrogen-bond acceptors (Lipinski definition) is 2. The molecule has 1 saturated carbocycles. The Kier molecular flexibility index (Phi) is 3.93. The summed E-state index contributed by atoms with van der Waals surface area (Å²) in [4.78, 5) is 13.3. The summed E-state index contributed by atoms with van der Waals surface area (Å²) in [5.74, 6) is -0.631. The quantitative estimate of drug-likeness (QED) is 0.737. The Morgan fingerprint density at radius 1 is 1.43 bits per heavy atom. The van der Waals surface area contributed by atoms with E-state index in [1.165, 1.54) is 0 Å². The summed E-state index contributed by atoms with van der Waals surface area (Å²) < 4.78 is 0. The van der Waals surface area contributed by atoms with Crippen molar-refractivity contribution in [3.8, 4) is 0 Å². The second-order valence-electron chi connectivity index (χ2n) is 4.32. The molecule has 0 bridgehead atoms. The van der Waals surface area contributed by atoms with E-state index < -0.39 is 11.5 Å². The molecule has 0 radical (unpaired) electrons. The summed E-state index contributed by atoms with van der Waals surface area (Å²) in [6, 6.07) is 0. The minimum Gasteiger partial charge on any atom is -0.480 e. The van der Waals surface area contributed by atoms with Gasteiger partial charge in [-0.2, -0.15) is 0 Å². The van der Waals surface area contributed by atoms with E-state index in [1.807, 2.05) is 11.9 Å². The monoisotopic (exact) mass is 199 g/mol. The van der Waals surface area contributed by atoms with Crippen molar-refractivity contribution in [1.29, 1.82) is 0 Å². The van der Waals surface area contributed by atoms with E-state index in [-0.39, 0.29) is 0 Å². The zero-order valence-electron chi connectivity index (χ0n) is 9.25. The maximum absolute atomic E-state index is 11.3. The fourth-order valence-corrected chi connectivity index (χ4v) is 2.33. The maximum Gasteiger partial charge on any atom is 0.324 e. The van der Waals surface area contributed by atoms with E-state index in [1.54, 1.807) is 0 Å². The summed E-state index contributed by atoms with van der Waals surface area (Å²) in [6.45, 7) is 3.04. The lowest BCUT2D eigenvalue weighted by molar-refractivity contribution is -0.150. The molecule has 0 aromatic rings. The molecule has 0 atom stereocenters. The topological polar surface area (TPSA) is 40.5 Å². The lowest BCUT2D eigenvalue weighted by Crippen LogP contribution is -2.51. The van der Waals surface area contributed by atoms with E-state index >= 15 is 0 Å². The fourth-order valence-electron chi connectivity index (χ4n) is 2.33. The van der Waals surface area contributed by atoms with Gasteiger partial charge in [0.25, 0.3) is 0 Å². The first kappa shape index (κ1) is 11.5. The smallest absolute Gasteiger partial charge is 0.324 e. The fraction of sp³-hybridized carbons (Fsp3) is 0.909. The number of likely N-dealkylation sites (N-methyl/N-ethyl adjacent to an activating group) is 1. The zero-order chi connectivity index (χ0) is 10.6. The minimum absolute atomic E-state index is 0.546.